The molecule has 2 heteroatoms. The third-order valence-corrected chi connectivity index (χ3v) is 10.2. The standard InChI is InChI=1S/C44H29NS/c1-2-11-30(12-3-1)32-14-10-15-35(27-32)45(36-25-26-41-40-19-8-9-20-43(40)46-44(41)29-36)34-23-21-31(22-24-34)42-28-33-13-4-5-16-37(33)38-17-6-7-18-39(38)42/h1-29H. The molecule has 1 nitrogen and oxygen atoms in total. The molecule has 0 aliphatic rings. The van der Waals surface area contributed by atoms with E-state index in [0.717, 1.165) is 17.1 Å². The molecule has 216 valence electrons. The Morgan fingerprint density at radius 2 is 0.957 bits per heavy atom. The molecule has 0 N–H and O–H groups in total. The molecule has 8 aromatic carbocycles. The van der Waals surface area contributed by atoms with Gasteiger partial charge in [0.25, 0.3) is 0 Å². The van der Waals surface area contributed by atoms with Gasteiger partial charge in [-0.25, -0.2) is 0 Å². The number of fused-ring (bicyclic) bond motifs is 6. The summed E-state index contributed by atoms with van der Waals surface area (Å²) in [5.41, 5.74) is 8.28. The molecule has 0 aliphatic carbocycles. The summed E-state index contributed by atoms with van der Waals surface area (Å²) in [5, 5.41) is 7.74. The molecule has 0 atom stereocenters. The second-order valence-electron chi connectivity index (χ2n) is 11.8. The Bertz CT molecular complexity index is 2530. The maximum Gasteiger partial charge on any atom is 0.0476 e. The van der Waals surface area contributed by atoms with Crippen molar-refractivity contribution in [1.82, 2.24) is 0 Å². The summed E-state index contributed by atoms with van der Waals surface area (Å²) in [5.74, 6) is 0. The van der Waals surface area contributed by atoms with Gasteiger partial charge in [-0.2, -0.15) is 0 Å². The molecule has 0 radical (unpaired) electrons. The van der Waals surface area contributed by atoms with Gasteiger partial charge in [-0.1, -0.05) is 127 Å². The fourth-order valence-corrected chi connectivity index (χ4v) is 7.98. The number of thiophene rings is 1. The van der Waals surface area contributed by atoms with Crippen molar-refractivity contribution in [1.29, 1.82) is 0 Å². The van der Waals surface area contributed by atoms with Crippen LogP contribution < -0.4 is 4.90 Å². The minimum absolute atomic E-state index is 1.12. The van der Waals surface area contributed by atoms with E-state index in [2.05, 4.69) is 181 Å². The second kappa shape index (κ2) is 11.0. The van der Waals surface area contributed by atoms with Crippen LogP contribution in [0.1, 0.15) is 0 Å². The SMILES string of the molecule is c1ccc(-c2cccc(N(c3ccc(-c4cc5ccccc5c5ccccc45)cc3)c3ccc4c(c3)sc3ccccc34)c2)cc1. The van der Waals surface area contributed by atoms with Crippen molar-refractivity contribution in [3.05, 3.63) is 176 Å². The van der Waals surface area contributed by atoms with Gasteiger partial charge in [-0.3, -0.25) is 0 Å². The Kier molecular flexibility index (Phi) is 6.40. The lowest BCUT2D eigenvalue weighted by Crippen LogP contribution is -2.10. The van der Waals surface area contributed by atoms with E-state index in [-0.39, 0.29) is 0 Å². The van der Waals surface area contributed by atoms with Gasteiger partial charge in [0.05, 0.1) is 0 Å². The second-order valence-corrected chi connectivity index (χ2v) is 12.9. The highest BCUT2D eigenvalue weighted by Crippen LogP contribution is 2.42. The van der Waals surface area contributed by atoms with E-state index in [1.807, 2.05) is 11.3 Å². The van der Waals surface area contributed by atoms with Crippen molar-refractivity contribution in [2.24, 2.45) is 0 Å². The molecule has 0 spiro atoms. The Morgan fingerprint density at radius 3 is 1.80 bits per heavy atom. The molecule has 0 saturated carbocycles. The van der Waals surface area contributed by atoms with Crippen LogP contribution in [-0.4, -0.2) is 0 Å². The lowest BCUT2D eigenvalue weighted by atomic mass is 9.93. The summed E-state index contributed by atoms with van der Waals surface area (Å²) < 4.78 is 2.61. The van der Waals surface area contributed by atoms with E-state index in [4.69, 9.17) is 0 Å². The molecule has 1 aromatic heterocycles. The first-order valence-corrected chi connectivity index (χ1v) is 16.5. The highest BCUT2D eigenvalue weighted by Gasteiger charge is 2.16. The zero-order valence-corrected chi connectivity index (χ0v) is 25.9. The van der Waals surface area contributed by atoms with Crippen LogP contribution in [-0.2, 0) is 0 Å². The van der Waals surface area contributed by atoms with Gasteiger partial charge >= 0.3 is 0 Å². The molecule has 0 saturated heterocycles. The number of rotatable bonds is 5. The van der Waals surface area contributed by atoms with Gasteiger partial charge in [0, 0.05) is 37.2 Å². The molecule has 0 bridgehead atoms. The third-order valence-electron chi connectivity index (χ3n) is 9.04. The van der Waals surface area contributed by atoms with Crippen molar-refractivity contribution in [3.63, 3.8) is 0 Å². The van der Waals surface area contributed by atoms with Crippen LogP contribution in [0.2, 0.25) is 0 Å². The molecule has 0 fully saturated rings. The summed E-state index contributed by atoms with van der Waals surface area (Å²) in [7, 11) is 0. The Labute approximate surface area is 272 Å². The predicted octanol–water partition coefficient (Wildman–Crippen LogP) is 13.2. The summed E-state index contributed by atoms with van der Waals surface area (Å²) in [4.78, 5) is 2.39. The van der Waals surface area contributed by atoms with Crippen LogP contribution in [0.5, 0.6) is 0 Å². The number of hydrogen-bond donors (Lipinski definition) is 0. The van der Waals surface area contributed by atoms with E-state index >= 15 is 0 Å². The van der Waals surface area contributed by atoms with Crippen molar-refractivity contribution in [3.8, 4) is 22.3 Å². The first-order valence-electron chi connectivity index (χ1n) is 15.7. The Hall–Kier alpha value is -5.70. The number of benzene rings is 8. The van der Waals surface area contributed by atoms with Crippen LogP contribution in [0, 0.1) is 0 Å². The highest BCUT2D eigenvalue weighted by atomic mass is 32.1. The van der Waals surface area contributed by atoms with Crippen molar-refractivity contribution < 1.29 is 0 Å². The average Bonchev–Trinajstić information content (AvgIpc) is 3.50. The van der Waals surface area contributed by atoms with Gasteiger partial charge in [-0.05, 0) is 92.3 Å². The lowest BCUT2D eigenvalue weighted by molar-refractivity contribution is 1.29. The zero-order valence-electron chi connectivity index (χ0n) is 25.1. The first-order chi connectivity index (χ1) is 22.8. The van der Waals surface area contributed by atoms with Gasteiger partial charge in [0.15, 0.2) is 0 Å². The van der Waals surface area contributed by atoms with Crippen LogP contribution in [0.15, 0.2) is 176 Å². The average molecular weight is 604 g/mol. The maximum atomic E-state index is 2.39. The summed E-state index contributed by atoms with van der Waals surface area (Å²) in [6.45, 7) is 0. The maximum absolute atomic E-state index is 2.39. The smallest absolute Gasteiger partial charge is 0.0476 e. The van der Waals surface area contributed by atoms with E-state index < -0.39 is 0 Å². The van der Waals surface area contributed by atoms with Gasteiger partial charge in [-0.15, -0.1) is 11.3 Å². The van der Waals surface area contributed by atoms with Crippen LogP contribution in [0.4, 0.5) is 17.1 Å². The molecular formula is C44H29NS. The molecular weight excluding hydrogens is 575 g/mol. The third kappa shape index (κ3) is 4.54. The summed E-state index contributed by atoms with van der Waals surface area (Å²) >= 11 is 1.86. The molecule has 0 aliphatic heterocycles. The largest absolute Gasteiger partial charge is 0.310 e. The van der Waals surface area contributed by atoms with Crippen molar-refractivity contribution in [2.45, 2.75) is 0 Å². The van der Waals surface area contributed by atoms with Crippen molar-refractivity contribution >= 4 is 70.1 Å². The quantitative estimate of drug-likeness (QED) is 0.177. The van der Waals surface area contributed by atoms with E-state index in [1.54, 1.807) is 0 Å². The first kappa shape index (κ1) is 26.7. The lowest BCUT2D eigenvalue weighted by Gasteiger charge is -2.26. The van der Waals surface area contributed by atoms with Gasteiger partial charge in [0.1, 0.15) is 0 Å². The summed E-state index contributed by atoms with van der Waals surface area (Å²) in [6, 6.07) is 64.0. The fraction of sp³-hybridized carbons (Fsp3) is 0. The molecule has 9 rings (SSSR count). The Morgan fingerprint density at radius 1 is 0.326 bits per heavy atom. The van der Waals surface area contributed by atoms with Crippen LogP contribution in [0.3, 0.4) is 0 Å². The molecule has 1 heterocycles. The van der Waals surface area contributed by atoms with E-state index in [9.17, 15) is 0 Å². The molecule has 46 heavy (non-hydrogen) atoms. The van der Waals surface area contributed by atoms with Crippen LogP contribution in [0.25, 0.3) is 64.0 Å². The van der Waals surface area contributed by atoms with Crippen LogP contribution >= 0.6 is 11.3 Å². The zero-order chi connectivity index (χ0) is 30.5. The molecule has 9 aromatic rings. The van der Waals surface area contributed by atoms with Gasteiger partial charge < -0.3 is 4.90 Å². The number of hydrogen-bond acceptors (Lipinski definition) is 2. The topological polar surface area (TPSA) is 3.24 Å². The van der Waals surface area contributed by atoms with Crippen molar-refractivity contribution in [2.75, 3.05) is 4.90 Å². The minimum Gasteiger partial charge on any atom is -0.310 e. The van der Waals surface area contributed by atoms with E-state index in [1.165, 1.54) is 64.0 Å². The highest BCUT2D eigenvalue weighted by molar-refractivity contribution is 7.25. The van der Waals surface area contributed by atoms with E-state index in [0.29, 0.717) is 0 Å². The predicted molar refractivity (Wildman–Crippen MR) is 200 cm³/mol. The molecule has 0 unspecified atom stereocenters. The fourth-order valence-electron chi connectivity index (χ4n) is 6.84. The van der Waals surface area contributed by atoms with Gasteiger partial charge in [0.2, 0.25) is 0 Å². The Balaban J connectivity index is 1.20. The normalized spacial score (nSPS) is 11.5. The number of nitrogens with zero attached hydrogens (tertiary/aromatic N) is 1. The monoisotopic (exact) mass is 603 g/mol. The number of anilines is 3. The summed E-state index contributed by atoms with van der Waals surface area (Å²) in [6.07, 6.45) is 0. The minimum atomic E-state index is 1.12. The molecule has 0 amide bonds.